The van der Waals surface area contributed by atoms with E-state index in [9.17, 15) is 4.79 Å². The van der Waals surface area contributed by atoms with E-state index >= 15 is 0 Å². The molecule has 0 saturated carbocycles. The molecule has 1 aromatic rings. The second-order valence-corrected chi connectivity index (χ2v) is 6.38. The maximum atomic E-state index is 12.6. The SMILES string of the molecule is O=C(c1cnc(OC2CCOC2)c(Cl)c1)N1CCN(CCO)CC1. The van der Waals surface area contributed by atoms with Crippen LogP contribution in [-0.4, -0.2) is 84.4 Å². The smallest absolute Gasteiger partial charge is 0.255 e. The van der Waals surface area contributed by atoms with Gasteiger partial charge in [0.05, 0.1) is 25.4 Å². The summed E-state index contributed by atoms with van der Waals surface area (Å²) in [4.78, 5) is 20.7. The summed E-state index contributed by atoms with van der Waals surface area (Å²) in [7, 11) is 0. The van der Waals surface area contributed by atoms with Crippen LogP contribution in [0.1, 0.15) is 16.8 Å². The maximum absolute atomic E-state index is 12.6. The lowest BCUT2D eigenvalue weighted by atomic mass is 10.2. The summed E-state index contributed by atoms with van der Waals surface area (Å²) in [5.74, 6) is 0.264. The van der Waals surface area contributed by atoms with Crippen LogP contribution in [0, 0.1) is 0 Å². The third-order valence-electron chi connectivity index (χ3n) is 4.30. The number of aliphatic hydroxyl groups excluding tert-OH is 1. The van der Waals surface area contributed by atoms with Crippen LogP contribution in [0.5, 0.6) is 5.88 Å². The predicted octanol–water partition coefficient (Wildman–Crippen LogP) is 0.653. The number of nitrogens with zero attached hydrogens (tertiary/aromatic N) is 3. The zero-order valence-corrected chi connectivity index (χ0v) is 14.2. The van der Waals surface area contributed by atoms with Crippen molar-refractivity contribution in [1.82, 2.24) is 14.8 Å². The van der Waals surface area contributed by atoms with Crippen molar-refractivity contribution < 1.29 is 19.4 Å². The average molecular weight is 356 g/mol. The van der Waals surface area contributed by atoms with Crippen molar-refractivity contribution in [3.8, 4) is 5.88 Å². The quantitative estimate of drug-likeness (QED) is 0.836. The molecule has 7 nitrogen and oxygen atoms in total. The number of piperazine rings is 1. The van der Waals surface area contributed by atoms with Crippen LogP contribution >= 0.6 is 11.6 Å². The van der Waals surface area contributed by atoms with Crippen molar-refractivity contribution in [2.24, 2.45) is 0 Å². The number of hydrogen-bond donors (Lipinski definition) is 1. The Kier molecular flexibility index (Phi) is 5.89. The van der Waals surface area contributed by atoms with Gasteiger partial charge in [0.25, 0.3) is 5.91 Å². The Hall–Kier alpha value is -1.41. The van der Waals surface area contributed by atoms with Gasteiger partial charge in [-0.2, -0.15) is 0 Å². The summed E-state index contributed by atoms with van der Waals surface area (Å²) in [6, 6.07) is 1.61. The fourth-order valence-corrected chi connectivity index (χ4v) is 3.10. The minimum atomic E-state index is -0.0798. The Morgan fingerprint density at radius 3 is 2.83 bits per heavy atom. The Labute approximate surface area is 146 Å². The third-order valence-corrected chi connectivity index (χ3v) is 4.57. The molecule has 1 aromatic heterocycles. The summed E-state index contributed by atoms with van der Waals surface area (Å²) in [5, 5.41) is 9.30. The van der Waals surface area contributed by atoms with Crippen LogP contribution < -0.4 is 4.74 Å². The molecule has 0 aromatic carbocycles. The fourth-order valence-electron chi connectivity index (χ4n) is 2.89. The fraction of sp³-hybridized carbons (Fsp3) is 0.625. The van der Waals surface area contributed by atoms with E-state index in [1.54, 1.807) is 11.0 Å². The molecule has 2 aliphatic rings. The van der Waals surface area contributed by atoms with Gasteiger partial charge in [0.1, 0.15) is 11.1 Å². The van der Waals surface area contributed by atoms with Gasteiger partial charge in [-0.05, 0) is 6.07 Å². The van der Waals surface area contributed by atoms with Crippen LogP contribution in [0.3, 0.4) is 0 Å². The topological polar surface area (TPSA) is 75.1 Å². The van der Waals surface area contributed by atoms with Gasteiger partial charge < -0.3 is 19.5 Å². The summed E-state index contributed by atoms with van der Waals surface area (Å²) in [6.45, 7) is 4.79. The number of ether oxygens (including phenoxy) is 2. The normalized spacial score (nSPS) is 21.9. The molecule has 2 aliphatic heterocycles. The minimum Gasteiger partial charge on any atom is -0.471 e. The van der Waals surface area contributed by atoms with E-state index in [-0.39, 0.29) is 18.6 Å². The Balaban J connectivity index is 1.60. The zero-order valence-electron chi connectivity index (χ0n) is 13.5. The first-order chi connectivity index (χ1) is 11.7. The van der Waals surface area contributed by atoms with Crippen LogP contribution in [0.15, 0.2) is 12.3 Å². The maximum Gasteiger partial charge on any atom is 0.255 e. The van der Waals surface area contributed by atoms with E-state index in [1.165, 1.54) is 6.20 Å². The number of amides is 1. The van der Waals surface area contributed by atoms with E-state index < -0.39 is 0 Å². The Morgan fingerprint density at radius 2 is 2.21 bits per heavy atom. The van der Waals surface area contributed by atoms with Gasteiger partial charge in [-0.15, -0.1) is 0 Å². The lowest BCUT2D eigenvalue weighted by Gasteiger charge is -2.34. The molecule has 1 unspecified atom stereocenters. The van der Waals surface area contributed by atoms with Crippen molar-refractivity contribution in [2.45, 2.75) is 12.5 Å². The second kappa shape index (κ2) is 8.11. The van der Waals surface area contributed by atoms with Crippen molar-refractivity contribution in [3.05, 3.63) is 22.8 Å². The van der Waals surface area contributed by atoms with Crippen molar-refractivity contribution in [3.63, 3.8) is 0 Å². The first kappa shape index (κ1) is 17.4. The highest BCUT2D eigenvalue weighted by molar-refractivity contribution is 6.32. The Morgan fingerprint density at radius 1 is 1.42 bits per heavy atom. The third kappa shape index (κ3) is 4.16. The number of pyridine rings is 1. The molecule has 2 saturated heterocycles. The standard InChI is InChI=1S/C16H22ClN3O4/c17-14-9-12(10-18-15(14)24-13-1-8-23-11-13)16(22)20-4-2-19(3-5-20)6-7-21/h9-10,13,21H,1-8,11H2. The molecule has 0 aliphatic carbocycles. The number of β-amino-alcohol motifs (C(OH)–C–C–N with tert-alkyl or cyclic N) is 1. The van der Waals surface area contributed by atoms with Gasteiger partial charge in [-0.3, -0.25) is 9.69 Å². The van der Waals surface area contributed by atoms with E-state index in [2.05, 4.69) is 9.88 Å². The van der Waals surface area contributed by atoms with E-state index in [1.807, 2.05) is 0 Å². The highest BCUT2D eigenvalue weighted by atomic mass is 35.5. The van der Waals surface area contributed by atoms with Crippen LogP contribution in [0.4, 0.5) is 0 Å². The molecule has 1 N–H and O–H groups in total. The summed E-state index contributed by atoms with van der Waals surface area (Å²) in [6.07, 6.45) is 2.30. The van der Waals surface area contributed by atoms with E-state index in [0.717, 1.165) is 19.5 Å². The molecule has 0 spiro atoms. The first-order valence-electron chi connectivity index (χ1n) is 8.20. The number of hydrogen-bond acceptors (Lipinski definition) is 6. The summed E-state index contributed by atoms with van der Waals surface area (Å²) in [5.41, 5.74) is 0.464. The van der Waals surface area contributed by atoms with Gasteiger partial charge >= 0.3 is 0 Å². The Bertz CT molecular complexity index is 572. The first-order valence-corrected chi connectivity index (χ1v) is 8.57. The number of halogens is 1. The molecule has 3 heterocycles. The molecule has 0 bridgehead atoms. The van der Waals surface area contributed by atoms with Gasteiger partial charge in [-0.1, -0.05) is 11.6 Å². The molecule has 1 atom stereocenters. The van der Waals surface area contributed by atoms with Gasteiger partial charge in [-0.25, -0.2) is 4.98 Å². The molecular weight excluding hydrogens is 334 g/mol. The summed E-state index contributed by atoms with van der Waals surface area (Å²) >= 11 is 6.22. The average Bonchev–Trinajstić information content (AvgIpc) is 3.10. The van der Waals surface area contributed by atoms with Crippen molar-refractivity contribution in [2.75, 3.05) is 52.5 Å². The molecule has 132 valence electrons. The van der Waals surface area contributed by atoms with Gasteiger partial charge in [0.2, 0.25) is 5.88 Å². The molecule has 8 heteroatoms. The predicted molar refractivity (Wildman–Crippen MR) is 88.5 cm³/mol. The van der Waals surface area contributed by atoms with Gasteiger partial charge in [0.15, 0.2) is 0 Å². The molecular formula is C16H22ClN3O4. The number of carbonyl (C=O) groups excluding carboxylic acids is 1. The van der Waals surface area contributed by atoms with Crippen molar-refractivity contribution >= 4 is 17.5 Å². The highest BCUT2D eigenvalue weighted by Crippen LogP contribution is 2.25. The molecule has 0 radical (unpaired) electrons. The lowest BCUT2D eigenvalue weighted by molar-refractivity contribution is 0.0614. The number of carbonyl (C=O) groups is 1. The van der Waals surface area contributed by atoms with Crippen LogP contribution in [-0.2, 0) is 4.74 Å². The summed E-state index contributed by atoms with van der Waals surface area (Å²) < 4.78 is 11.0. The lowest BCUT2D eigenvalue weighted by Crippen LogP contribution is -2.49. The van der Waals surface area contributed by atoms with Crippen LogP contribution in [0.2, 0.25) is 5.02 Å². The minimum absolute atomic E-state index is 0.0313. The monoisotopic (exact) mass is 355 g/mol. The molecule has 24 heavy (non-hydrogen) atoms. The largest absolute Gasteiger partial charge is 0.471 e. The second-order valence-electron chi connectivity index (χ2n) is 5.97. The number of aromatic nitrogens is 1. The molecule has 2 fully saturated rings. The number of rotatable bonds is 5. The van der Waals surface area contributed by atoms with E-state index in [4.69, 9.17) is 26.2 Å². The molecule has 1 amide bonds. The van der Waals surface area contributed by atoms with E-state index in [0.29, 0.717) is 49.3 Å². The molecule has 3 rings (SSSR count). The highest BCUT2D eigenvalue weighted by Gasteiger charge is 2.24. The van der Waals surface area contributed by atoms with Crippen LogP contribution in [0.25, 0.3) is 0 Å². The number of aliphatic hydroxyl groups is 1. The van der Waals surface area contributed by atoms with Crippen molar-refractivity contribution in [1.29, 1.82) is 0 Å². The van der Waals surface area contributed by atoms with Gasteiger partial charge in [0, 0.05) is 45.3 Å². The zero-order chi connectivity index (χ0) is 16.9.